The number of hydrogen-bond acceptors (Lipinski definition) is 5. The van der Waals surface area contributed by atoms with E-state index in [1.165, 1.54) is 6.20 Å². The fourth-order valence-electron chi connectivity index (χ4n) is 1.23. The number of nitrogens with zero attached hydrogens (tertiary/aromatic N) is 1. The van der Waals surface area contributed by atoms with Crippen LogP contribution in [0.15, 0.2) is 17.1 Å². The SMILES string of the molecule is CCOP(=O)(Cc1ccnc(=O)[nH]1)OCC. The first-order valence-corrected chi connectivity index (χ1v) is 6.74. The lowest BCUT2D eigenvalue weighted by molar-refractivity contribution is 0.219. The zero-order valence-corrected chi connectivity index (χ0v) is 10.2. The van der Waals surface area contributed by atoms with Crippen molar-refractivity contribution >= 4 is 7.60 Å². The molecule has 90 valence electrons. The van der Waals surface area contributed by atoms with Gasteiger partial charge in [-0.2, -0.15) is 0 Å². The molecule has 0 saturated heterocycles. The van der Waals surface area contributed by atoms with Crippen LogP contribution in [0.4, 0.5) is 0 Å². The van der Waals surface area contributed by atoms with E-state index in [0.717, 1.165) is 0 Å². The van der Waals surface area contributed by atoms with Crippen molar-refractivity contribution in [2.45, 2.75) is 20.0 Å². The highest BCUT2D eigenvalue weighted by molar-refractivity contribution is 7.53. The molecule has 0 aliphatic heterocycles. The van der Waals surface area contributed by atoms with Gasteiger partial charge in [0.15, 0.2) is 0 Å². The third kappa shape index (κ3) is 3.89. The van der Waals surface area contributed by atoms with E-state index in [1.54, 1.807) is 19.9 Å². The van der Waals surface area contributed by atoms with Gasteiger partial charge in [-0.15, -0.1) is 0 Å². The van der Waals surface area contributed by atoms with Crippen LogP contribution in [0.5, 0.6) is 0 Å². The second kappa shape index (κ2) is 5.94. The van der Waals surface area contributed by atoms with E-state index in [-0.39, 0.29) is 6.16 Å². The van der Waals surface area contributed by atoms with Crippen molar-refractivity contribution < 1.29 is 13.6 Å². The van der Waals surface area contributed by atoms with Crippen LogP contribution in [0.25, 0.3) is 0 Å². The van der Waals surface area contributed by atoms with E-state index in [1.807, 2.05) is 0 Å². The predicted octanol–water partition coefficient (Wildman–Crippen LogP) is 1.54. The molecule has 0 unspecified atom stereocenters. The Morgan fingerprint density at radius 1 is 1.38 bits per heavy atom. The Labute approximate surface area is 93.5 Å². The van der Waals surface area contributed by atoms with Gasteiger partial charge in [0.1, 0.15) is 0 Å². The summed E-state index contributed by atoms with van der Waals surface area (Å²) < 4.78 is 22.3. The molecular weight excluding hydrogens is 231 g/mol. The molecular formula is C9H15N2O4P. The van der Waals surface area contributed by atoms with Crippen LogP contribution < -0.4 is 5.69 Å². The minimum atomic E-state index is -3.16. The molecule has 0 amide bonds. The molecule has 16 heavy (non-hydrogen) atoms. The Hall–Kier alpha value is -0.970. The number of rotatable bonds is 6. The van der Waals surface area contributed by atoms with Gasteiger partial charge in [-0.05, 0) is 19.9 Å². The lowest BCUT2D eigenvalue weighted by Gasteiger charge is -2.16. The summed E-state index contributed by atoms with van der Waals surface area (Å²) in [5.74, 6) is 0. The minimum Gasteiger partial charge on any atom is -0.309 e. The Bertz CT molecular complexity index is 422. The summed E-state index contributed by atoms with van der Waals surface area (Å²) in [6.07, 6.45) is 1.41. The van der Waals surface area contributed by atoms with Gasteiger partial charge in [0, 0.05) is 11.9 Å². The first-order valence-electron chi connectivity index (χ1n) is 5.02. The molecule has 0 aliphatic carbocycles. The third-order valence-electron chi connectivity index (χ3n) is 1.75. The summed E-state index contributed by atoms with van der Waals surface area (Å²) in [6, 6.07) is 1.58. The number of H-pyrrole nitrogens is 1. The monoisotopic (exact) mass is 246 g/mol. The van der Waals surface area contributed by atoms with E-state index in [4.69, 9.17) is 9.05 Å². The highest BCUT2D eigenvalue weighted by Crippen LogP contribution is 2.50. The van der Waals surface area contributed by atoms with Crippen LogP contribution in [-0.2, 0) is 19.8 Å². The standard InChI is InChI=1S/C9H15N2O4P/c1-3-14-16(13,15-4-2)7-8-5-6-10-9(12)11-8/h5-6H,3-4,7H2,1-2H3,(H,10,11,12). The lowest BCUT2D eigenvalue weighted by atomic mass is 10.5. The summed E-state index contributed by atoms with van der Waals surface area (Å²) in [6.45, 7) is 4.07. The summed E-state index contributed by atoms with van der Waals surface area (Å²) >= 11 is 0. The first-order chi connectivity index (χ1) is 7.59. The lowest BCUT2D eigenvalue weighted by Crippen LogP contribution is -2.12. The molecule has 1 aromatic heterocycles. The topological polar surface area (TPSA) is 81.3 Å². The maximum Gasteiger partial charge on any atom is 0.345 e. The van der Waals surface area contributed by atoms with E-state index in [2.05, 4.69) is 9.97 Å². The Morgan fingerprint density at radius 2 is 2.00 bits per heavy atom. The first kappa shape index (κ1) is 13.1. The summed E-state index contributed by atoms with van der Waals surface area (Å²) in [4.78, 5) is 16.9. The Kier molecular flexibility index (Phi) is 4.86. The smallest absolute Gasteiger partial charge is 0.309 e. The maximum absolute atomic E-state index is 12.1. The van der Waals surface area contributed by atoms with Crippen molar-refractivity contribution in [1.29, 1.82) is 0 Å². The molecule has 1 rings (SSSR count). The number of aromatic nitrogens is 2. The zero-order valence-electron chi connectivity index (χ0n) is 9.30. The van der Waals surface area contributed by atoms with E-state index in [9.17, 15) is 9.36 Å². The predicted molar refractivity (Wildman–Crippen MR) is 59.4 cm³/mol. The van der Waals surface area contributed by atoms with E-state index >= 15 is 0 Å². The minimum absolute atomic E-state index is 0.0481. The van der Waals surface area contributed by atoms with Crippen molar-refractivity contribution in [2.24, 2.45) is 0 Å². The van der Waals surface area contributed by atoms with Gasteiger partial charge in [-0.1, -0.05) is 0 Å². The molecule has 0 spiro atoms. The Balaban J connectivity index is 2.83. The maximum atomic E-state index is 12.1. The zero-order chi connectivity index (χ0) is 12.0. The molecule has 0 saturated carbocycles. The van der Waals surface area contributed by atoms with E-state index in [0.29, 0.717) is 18.9 Å². The van der Waals surface area contributed by atoms with Gasteiger partial charge in [0.05, 0.1) is 19.4 Å². The molecule has 0 radical (unpaired) electrons. The van der Waals surface area contributed by atoms with Crippen molar-refractivity contribution in [3.8, 4) is 0 Å². The van der Waals surface area contributed by atoms with E-state index < -0.39 is 13.3 Å². The number of aromatic amines is 1. The molecule has 1 N–H and O–H groups in total. The normalized spacial score (nSPS) is 11.6. The molecule has 0 aliphatic rings. The quantitative estimate of drug-likeness (QED) is 0.770. The van der Waals surface area contributed by atoms with Crippen LogP contribution in [0.1, 0.15) is 19.5 Å². The average Bonchev–Trinajstić information content (AvgIpc) is 2.17. The largest absolute Gasteiger partial charge is 0.345 e. The fraction of sp³-hybridized carbons (Fsp3) is 0.556. The summed E-state index contributed by atoms with van der Waals surface area (Å²) in [5.41, 5.74) is 0.0160. The van der Waals surface area contributed by atoms with Crippen LogP contribution in [0.3, 0.4) is 0 Å². The van der Waals surface area contributed by atoms with Crippen molar-refractivity contribution in [3.05, 3.63) is 28.4 Å². The number of hydrogen-bond donors (Lipinski definition) is 1. The Morgan fingerprint density at radius 3 is 2.50 bits per heavy atom. The van der Waals surface area contributed by atoms with Gasteiger partial charge >= 0.3 is 13.3 Å². The van der Waals surface area contributed by atoms with Gasteiger partial charge in [-0.25, -0.2) is 9.78 Å². The fourth-order valence-corrected chi connectivity index (χ4v) is 2.87. The molecule has 0 aromatic carbocycles. The second-order valence-corrected chi connectivity index (χ2v) is 5.06. The summed E-state index contributed by atoms with van der Waals surface area (Å²) in [7, 11) is -3.16. The molecule has 6 nitrogen and oxygen atoms in total. The van der Waals surface area contributed by atoms with Crippen LogP contribution in [-0.4, -0.2) is 23.2 Å². The van der Waals surface area contributed by atoms with Crippen LogP contribution >= 0.6 is 7.60 Å². The third-order valence-corrected chi connectivity index (χ3v) is 3.78. The van der Waals surface area contributed by atoms with Crippen molar-refractivity contribution in [2.75, 3.05) is 13.2 Å². The molecule has 1 heterocycles. The van der Waals surface area contributed by atoms with Crippen LogP contribution in [0, 0.1) is 0 Å². The molecule has 1 aromatic rings. The van der Waals surface area contributed by atoms with Gasteiger partial charge < -0.3 is 14.0 Å². The van der Waals surface area contributed by atoms with Crippen molar-refractivity contribution in [1.82, 2.24) is 9.97 Å². The van der Waals surface area contributed by atoms with Gasteiger partial charge in [0.25, 0.3) is 0 Å². The summed E-state index contributed by atoms with van der Waals surface area (Å²) in [5, 5.41) is 0. The van der Waals surface area contributed by atoms with Crippen LogP contribution in [0.2, 0.25) is 0 Å². The molecule has 0 fully saturated rings. The molecule has 7 heteroatoms. The molecule has 0 atom stereocenters. The number of nitrogens with one attached hydrogen (secondary N) is 1. The van der Waals surface area contributed by atoms with Gasteiger partial charge in [-0.3, -0.25) is 4.57 Å². The molecule has 0 bridgehead atoms. The average molecular weight is 246 g/mol. The van der Waals surface area contributed by atoms with Gasteiger partial charge in [0.2, 0.25) is 0 Å². The highest BCUT2D eigenvalue weighted by Gasteiger charge is 2.24. The second-order valence-electron chi connectivity index (χ2n) is 3.00. The highest BCUT2D eigenvalue weighted by atomic mass is 31.2. The van der Waals surface area contributed by atoms with Crippen molar-refractivity contribution in [3.63, 3.8) is 0 Å².